The first-order valence-electron chi connectivity index (χ1n) is 9.39. The van der Waals surface area contributed by atoms with E-state index >= 15 is 0 Å². The van der Waals surface area contributed by atoms with Crippen LogP contribution >= 0.6 is 0 Å². The summed E-state index contributed by atoms with van der Waals surface area (Å²) < 4.78 is 40.0. The molecule has 1 amide bonds. The third-order valence-corrected chi connectivity index (χ3v) is 4.73. The highest BCUT2D eigenvalue weighted by Crippen LogP contribution is 2.31. The number of amides is 1. The normalized spacial score (nSPS) is 14.2. The molecule has 3 heterocycles. The van der Waals surface area contributed by atoms with Gasteiger partial charge in [-0.15, -0.1) is 0 Å². The van der Waals surface area contributed by atoms with Gasteiger partial charge in [0.05, 0.1) is 0 Å². The van der Waals surface area contributed by atoms with Crippen molar-refractivity contribution in [1.82, 2.24) is 19.9 Å². The van der Waals surface area contributed by atoms with Gasteiger partial charge in [-0.2, -0.15) is 13.2 Å². The van der Waals surface area contributed by atoms with Gasteiger partial charge in [0, 0.05) is 49.2 Å². The largest absolute Gasteiger partial charge is 0.433 e. The number of benzene rings is 1. The van der Waals surface area contributed by atoms with Gasteiger partial charge in [-0.25, -0.2) is 9.97 Å². The van der Waals surface area contributed by atoms with E-state index in [0.717, 1.165) is 24.6 Å². The third-order valence-electron chi connectivity index (χ3n) is 4.73. The topological polar surface area (TPSA) is 71.0 Å². The van der Waals surface area contributed by atoms with E-state index in [1.807, 2.05) is 12.1 Å². The van der Waals surface area contributed by atoms with Gasteiger partial charge in [0.2, 0.25) is 5.91 Å². The lowest BCUT2D eigenvalue weighted by Gasteiger charge is -2.16. The second-order valence-corrected chi connectivity index (χ2v) is 6.94. The van der Waals surface area contributed by atoms with Crippen LogP contribution in [-0.2, 0) is 17.5 Å². The van der Waals surface area contributed by atoms with Crippen LogP contribution < -0.4 is 5.32 Å². The monoisotopic (exact) mass is 413 g/mol. The standard InChI is InChI=1S/C21H18F3N5O/c22-21(23,24)17-12-18(28-20(27-17)15-7-9-25-10-8-15)26-16-5-3-14(4-6-16)13-29-11-1-2-19(29)30/h3-10,12H,1-2,11,13H2,(H,26,27,28). The second-order valence-electron chi connectivity index (χ2n) is 6.94. The van der Waals surface area contributed by atoms with Crippen LogP contribution in [0, 0.1) is 0 Å². The van der Waals surface area contributed by atoms with Gasteiger partial charge in [-0.1, -0.05) is 12.1 Å². The molecule has 0 bridgehead atoms. The number of aromatic nitrogens is 3. The molecule has 154 valence electrons. The number of hydrogen-bond acceptors (Lipinski definition) is 5. The molecule has 30 heavy (non-hydrogen) atoms. The van der Waals surface area contributed by atoms with Gasteiger partial charge in [0.1, 0.15) is 5.82 Å². The second kappa shape index (κ2) is 8.10. The van der Waals surface area contributed by atoms with E-state index < -0.39 is 11.9 Å². The van der Waals surface area contributed by atoms with E-state index in [4.69, 9.17) is 0 Å². The molecule has 1 aliphatic heterocycles. The zero-order valence-electron chi connectivity index (χ0n) is 15.9. The summed E-state index contributed by atoms with van der Waals surface area (Å²) in [6.07, 6.45) is -0.221. The van der Waals surface area contributed by atoms with Crippen molar-refractivity contribution in [3.8, 4) is 11.4 Å². The van der Waals surface area contributed by atoms with Crippen LogP contribution in [0.2, 0.25) is 0 Å². The highest BCUT2D eigenvalue weighted by atomic mass is 19.4. The summed E-state index contributed by atoms with van der Waals surface area (Å²) in [5.41, 5.74) is 0.937. The number of pyridine rings is 1. The Morgan fingerprint density at radius 2 is 1.77 bits per heavy atom. The molecule has 0 aliphatic carbocycles. The number of anilines is 2. The van der Waals surface area contributed by atoms with Crippen molar-refractivity contribution >= 4 is 17.4 Å². The van der Waals surface area contributed by atoms with Gasteiger partial charge in [-0.05, 0) is 36.2 Å². The number of carbonyl (C=O) groups is 1. The van der Waals surface area contributed by atoms with E-state index in [-0.39, 0.29) is 17.5 Å². The summed E-state index contributed by atoms with van der Waals surface area (Å²) in [6, 6.07) is 11.1. The smallest absolute Gasteiger partial charge is 0.340 e. The molecular weight excluding hydrogens is 395 g/mol. The van der Waals surface area contributed by atoms with Crippen LogP contribution in [0.3, 0.4) is 0 Å². The Hall–Kier alpha value is -3.49. The minimum absolute atomic E-state index is 0.0339. The number of likely N-dealkylation sites (tertiary alicyclic amines) is 1. The SMILES string of the molecule is O=C1CCCN1Cc1ccc(Nc2cc(C(F)(F)F)nc(-c3ccncc3)n2)cc1. The minimum Gasteiger partial charge on any atom is -0.340 e. The quantitative estimate of drug-likeness (QED) is 0.670. The third kappa shape index (κ3) is 4.56. The number of carbonyl (C=O) groups excluding carboxylic acids is 1. The van der Waals surface area contributed by atoms with Crippen molar-refractivity contribution in [2.75, 3.05) is 11.9 Å². The van der Waals surface area contributed by atoms with Gasteiger partial charge < -0.3 is 10.2 Å². The number of halogens is 3. The Balaban J connectivity index is 1.57. The highest BCUT2D eigenvalue weighted by molar-refractivity contribution is 5.78. The maximum atomic E-state index is 13.3. The predicted octanol–water partition coefficient (Wildman–Crippen LogP) is 4.42. The summed E-state index contributed by atoms with van der Waals surface area (Å²) in [4.78, 5) is 25.3. The Morgan fingerprint density at radius 3 is 2.40 bits per heavy atom. The molecule has 1 N–H and O–H groups in total. The van der Waals surface area contributed by atoms with Crippen LogP contribution in [0.4, 0.5) is 24.7 Å². The molecule has 1 aromatic carbocycles. The van der Waals surface area contributed by atoms with Crippen molar-refractivity contribution in [3.63, 3.8) is 0 Å². The van der Waals surface area contributed by atoms with Crippen LogP contribution in [0.25, 0.3) is 11.4 Å². The fourth-order valence-electron chi connectivity index (χ4n) is 3.22. The number of nitrogens with one attached hydrogen (secondary N) is 1. The lowest BCUT2D eigenvalue weighted by Crippen LogP contribution is -2.23. The fourth-order valence-corrected chi connectivity index (χ4v) is 3.22. The first-order valence-corrected chi connectivity index (χ1v) is 9.39. The molecule has 1 saturated heterocycles. The Labute approximate surface area is 170 Å². The van der Waals surface area contributed by atoms with E-state index in [1.165, 1.54) is 12.4 Å². The lowest BCUT2D eigenvalue weighted by atomic mass is 10.2. The van der Waals surface area contributed by atoms with Crippen LogP contribution in [0.1, 0.15) is 24.1 Å². The Morgan fingerprint density at radius 1 is 1.03 bits per heavy atom. The zero-order valence-corrected chi connectivity index (χ0v) is 15.9. The van der Waals surface area contributed by atoms with Crippen molar-refractivity contribution in [2.45, 2.75) is 25.6 Å². The molecule has 0 radical (unpaired) electrons. The van der Waals surface area contributed by atoms with Crippen LogP contribution in [0.5, 0.6) is 0 Å². The summed E-state index contributed by atoms with van der Waals surface area (Å²) >= 11 is 0. The van der Waals surface area contributed by atoms with Crippen molar-refractivity contribution in [2.24, 2.45) is 0 Å². The zero-order chi connectivity index (χ0) is 21.1. The molecule has 0 saturated carbocycles. The van der Waals surface area contributed by atoms with Crippen LogP contribution in [-0.4, -0.2) is 32.3 Å². The molecular formula is C21H18F3N5O. The predicted molar refractivity (Wildman–Crippen MR) is 105 cm³/mol. The van der Waals surface area contributed by atoms with Crippen LogP contribution in [0.15, 0.2) is 54.9 Å². The Kier molecular flexibility index (Phi) is 5.35. The molecule has 3 aromatic rings. The maximum absolute atomic E-state index is 13.3. The number of alkyl halides is 3. The molecule has 4 rings (SSSR count). The molecule has 0 spiro atoms. The number of rotatable bonds is 5. The van der Waals surface area contributed by atoms with Crippen molar-refractivity contribution in [1.29, 1.82) is 0 Å². The van der Waals surface area contributed by atoms with Crippen molar-refractivity contribution in [3.05, 3.63) is 66.1 Å². The van der Waals surface area contributed by atoms with Crippen molar-refractivity contribution < 1.29 is 18.0 Å². The van der Waals surface area contributed by atoms with Gasteiger partial charge >= 0.3 is 6.18 Å². The fraction of sp³-hybridized carbons (Fsp3) is 0.238. The highest BCUT2D eigenvalue weighted by Gasteiger charge is 2.34. The summed E-state index contributed by atoms with van der Waals surface area (Å²) in [7, 11) is 0. The molecule has 0 unspecified atom stereocenters. The van der Waals surface area contributed by atoms with Gasteiger partial charge in [0.25, 0.3) is 0 Å². The summed E-state index contributed by atoms with van der Waals surface area (Å²) in [5, 5.41) is 2.91. The first-order chi connectivity index (χ1) is 14.4. The van der Waals surface area contributed by atoms with E-state index in [1.54, 1.807) is 29.2 Å². The maximum Gasteiger partial charge on any atom is 0.433 e. The summed E-state index contributed by atoms with van der Waals surface area (Å²) in [5.74, 6) is 0.131. The Bertz CT molecular complexity index is 1040. The molecule has 0 atom stereocenters. The van der Waals surface area contributed by atoms with E-state index in [9.17, 15) is 18.0 Å². The number of hydrogen-bond donors (Lipinski definition) is 1. The van der Waals surface area contributed by atoms with E-state index in [2.05, 4.69) is 20.3 Å². The number of nitrogens with zero attached hydrogens (tertiary/aromatic N) is 4. The molecule has 9 heteroatoms. The minimum atomic E-state index is -4.60. The average molecular weight is 413 g/mol. The molecule has 1 aliphatic rings. The van der Waals surface area contributed by atoms with E-state index in [0.29, 0.717) is 24.2 Å². The average Bonchev–Trinajstić information content (AvgIpc) is 3.14. The van der Waals surface area contributed by atoms with Gasteiger partial charge in [-0.3, -0.25) is 9.78 Å². The van der Waals surface area contributed by atoms with Gasteiger partial charge in [0.15, 0.2) is 11.5 Å². The lowest BCUT2D eigenvalue weighted by molar-refractivity contribution is -0.141. The summed E-state index contributed by atoms with van der Waals surface area (Å²) in [6.45, 7) is 1.27. The molecule has 2 aromatic heterocycles. The first kappa shape index (κ1) is 19.8. The molecule has 6 nitrogen and oxygen atoms in total. The molecule has 1 fully saturated rings.